The number of sulfonamides is 1. The number of aromatic nitrogens is 4. The molecular weight excluding hydrogens is 454 g/mol. The number of amides is 1. The molecule has 3 rings (SSSR count). The molecule has 0 bridgehead atoms. The van der Waals surface area contributed by atoms with Gasteiger partial charge in [0.05, 0.1) is 22.9 Å². The standard InChI is InChI=1S/C20H25N5O5S2/c1-12(2)13-11-16-15(10-14(13)17-6-8-21-23(17)3)19(27)24(20(28)22-16)25(32(5,29)30)18(26)7-9-31-4/h6,8,10-12H,7,9H2,1-5H3,(H,22,28). The molecule has 0 aliphatic heterocycles. The molecular formula is C20H25N5O5S2. The van der Waals surface area contributed by atoms with Crippen LogP contribution in [0.4, 0.5) is 0 Å². The van der Waals surface area contributed by atoms with Crippen molar-refractivity contribution in [1.82, 2.24) is 19.4 Å². The topological polar surface area (TPSA) is 127 Å². The van der Waals surface area contributed by atoms with Gasteiger partial charge in [0.1, 0.15) is 0 Å². The second-order valence-electron chi connectivity index (χ2n) is 7.67. The lowest BCUT2D eigenvalue weighted by Crippen LogP contribution is -2.55. The second kappa shape index (κ2) is 8.94. The highest BCUT2D eigenvalue weighted by Crippen LogP contribution is 2.31. The second-order valence-corrected chi connectivity index (χ2v) is 10.5. The summed E-state index contributed by atoms with van der Waals surface area (Å²) >= 11 is 1.35. The van der Waals surface area contributed by atoms with E-state index in [1.165, 1.54) is 11.8 Å². The first-order chi connectivity index (χ1) is 15.0. The maximum atomic E-state index is 13.4. The molecule has 0 saturated heterocycles. The number of hydrogen-bond acceptors (Lipinski definition) is 7. The molecule has 0 spiro atoms. The number of hydrogen-bond donors (Lipinski definition) is 1. The Morgan fingerprint density at radius 2 is 1.97 bits per heavy atom. The summed E-state index contributed by atoms with van der Waals surface area (Å²) < 4.78 is 27.1. The van der Waals surface area contributed by atoms with Gasteiger partial charge < -0.3 is 4.98 Å². The van der Waals surface area contributed by atoms with Crippen molar-refractivity contribution in [3.05, 3.63) is 50.8 Å². The number of nitrogens with zero attached hydrogens (tertiary/aromatic N) is 4. The molecule has 3 aromatic rings. The van der Waals surface area contributed by atoms with E-state index in [0.717, 1.165) is 23.1 Å². The lowest BCUT2D eigenvalue weighted by molar-refractivity contribution is -0.118. The van der Waals surface area contributed by atoms with Crippen LogP contribution in [0.15, 0.2) is 34.0 Å². The third-order valence-corrected chi connectivity index (χ3v) is 6.60. The molecule has 1 amide bonds. The third kappa shape index (κ3) is 4.37. The number of thioether (sulfide) groups is 1. The van der Waals surface area contributed by atoms with Gasteiger partial charge in [-0.15, -0.1) is 9.09 Å². The molecule has 12 heteroatoms. The number of aromatic amines is 1. The molecule has 2 heterocycles. The van der Waals surface area contributed by atoms with Gasteiger partial charge in [0.15, 0.2) is 0 Å². The lowest BCUT2D eigenvalue weighted by Gasteiger charge is -2.21. The molecule has 0 fully saturated rings. The zero-order chi connectivity index (χ0) is 23.8. The van der Waals surface area contributed by atoms with Gasteiger partial charge in [-0.25, -0.2) is 13.2 Å². The SMILES string of the molecule is CSCCC(=O)N(n1c(=O)[nH]c2cc(C(C)C)c(-c3ccnn3C)cc2c1=O)S(C)(=O)=O. The Hall–Kier alpha value is -2.86. The summed E-state index contributed by atoms with van der Waals surface area (Å²) in [7, 11) is -2.47. The fraction of sp³-hybridized carbons (Fsp3) is 0.400. The minimum atomic E-state index is -4.24. The van der Waals surface area contributed by atoms with Crippen LogP contribution in [0.25, 0.3) is 22.2 Å². The number of rotatable bonds is 7. The molecule has 0 aliphatic carbocycles. The van der Waals surface area contributed by atoms with Gasteiger partial charge in [0.25, 0.3) is 21.5 Å². The average molecular weight is 480 g/mol. The van der Waals surface area contributed by atoms with Crippen LogP contribution in [0, 0.1) is 0 Å². The normalized spacial score (nSPS) is 11.9. The van der Waals surface area contributed by atoms with Crippen LogP contribution in [-0.2, 0) is 21.9 Å². The van der Waals surface area contributed by atoms with Crippen LogP contribution in [0.1, 0.15) is 31.7 Å². The van der Waals surface area contributed by atoms with E-state index in [4.69, 9.17) is 0 Å². The molecule has 0 unspecified atom stereocenters. The van der Waals surface area contributed by atoms with E-state index in [-0.39, 0.29) is 27.7 Å². The first-order valence-electron chi connectivity index (χ1n) is 9.81. The summed E-state index contributed by atoms with van der Waals surface area (Å²) in [6.45, 7) is 3.96. The Morgan fingerprint density at radius 1 is 1.28 bits per heavy atom. The summed E-state index contributed by atoms with van der Waals surface area (Å²) in [5.41, 5.74) is 0.714. The van der Waals surface area contributed by atoms with E-state index in [2.05, 4.69) is 10.1 Å². The zero-order valence-corrected chi connectivity index (χ0v) is 20.1. The van der Waals surface area contributed by atoms with Gasteiger partial charge >= 0.3 is 5.69 Å². The highest BCUT2D eigenvalue weighted by atomic mass is 32.2. The number of fused-ring (bicyclic) bond motifs is 1. The van der Waals surface area contributed by atoms with Crippen LogP contribution in [0.5, 0.6) is 0 Å². The van der Waals surface area contributed by atoms with Crippen molar-refractivity contribution < 1.29 is 13.2 Å². The van der Waals surface area contributed by atoms with E-state index >= 15 is 0 Å². The van der Waals surface area contributed by atoms with E-state index in [1.54, 1.807) is 42.4 Å². The quantitative estimate of drug-likeness (QED) is 0.542. The van der Waals surface area contributed by atoms with Crippen molar-refractivity contribution in [1.29, 1.82) is 0 Å². The van der Waals surface area contributed by atoms with Crippen LogP contribution in [0.3, 0.4) is 0 Å². The van der Waals surface area contributed by atoms with Gasteiger partial charge in [-0.3, -0.25) is 14.3 Å². The molecule has 0 atom stereocenters. The van der Waals surface area contributed by atoms with Crippen LogP contribution in [-0.4, -0.2) is 52.0 Å². The summed E-state index contributed by atoms with van der Waals surface area (Å²) in [4.78, 5) is 41.4. The summed E-state index contributed by atoms with van der Waals surface area (Å²) in [6, 6.07) is 5.10. The first-order valence-corrected chi connectivity index (χ1v) is 13.0. The largest absolute Gasteiger partial charge is 0.349 e. The predicted molar refractivity (Wildman–Crippen MR) is 126 cm³/mol. The highest BCUT2D eigenvalue weighted by molar-refractivity contribution is 7.98. The first kappa shape index (κ1) is 23.8. The summed E-state index contributed by atoms with van der Waals surface area (Å²) in [6.07, 6.45) is 4.03. The Bertz CT molecular complexity index is 1400. The maximum absolute atomic E-state index is 13.4. The van der Waals surface area contributed by atoms with Gasteiger partial charge in [0, 0.05) is 31.0 Å². The Morgan fingerprint density at radius 3 is 2.50 bits per heavy atom. The molecule has 10 nitrogen and oxygen atoms in total. The van der Waals surface area contributed by atoms with Crippen molar-refractivity contribution >= 4 is 38.6 Å². The van der Waals surface area contributed by atoms with Crippen molar-refractivity contribution in [3.8, 4) is 11.3 Å². The van der Waals surface area contributed by atoms with Crippen molar-refractivity contribution in [3.63, 3.8) is 0 Å². The van der Waals surface area contributed by atoms with E-state index in [1.807, 2.05) is 13.8 Å². The van der Waals surface area contributed by atoms with Gasteiger partial charge in [-0.05, 0) is 35.9 Å². The number of carbonyl (C=O) groups excluding carboxylic acids is 1. The zero-order valence-electron chi connectivity index (χ0n) is 18.4. The molecule has 0 radical (unpaired) electrons. The highest BCUT2D eigenvalue weighted by Gasteiger charge is 2.29. The fourth-order valence-electron chi connectivity index (χ4n) is 3.50. The summed E-state index contributed by atoms with van der Waals surface area (Å²) in [5, 5.41) is 4.26. The van der Waals surface area contributed by atoms with Crippen molar-refractivity contribution in [2.24, 2.45) is 7.05 Å². The predicted octanol–water partition coefficient (Wildman–Crippen LogP) is 1.39. The third-order valence-electron chi connectivity index (χ3n) is 4.99. The molecule has 2 aromatic heterocycles. The van der Waals surface area contributed by atoms with Crippen LogP contribution in [0.2, 0.25) is 0 Å². The van der Waals surface area contributed by atoms with Gasteiger partial charge in [0.2, 0.25) is 0 Å². The smallest absolute Gasteiger partial charge is 0.305 e. The molecule has 0 saturated carbocycles. The number of H-pyrrole nitrogens is 1. The molecule has 1 aromatic carbocycles. The molecule has 32 heavy (non-hydrogen) atoms. The van der Waals surface area contributed by atoms with E-state index in [9.17, 15) is 22.8 Å². The number of nitrogens with one attached hydrogen (secondary N) is 1. The average Bonchev–Trinajstić information content (AvgIpc) is 3.13. The Labute approximate surface area is 189 Å². The van der Waals surface area contributed by atoms with E-state index in [0.29, 0.717) is 10.4 Å². The number of carbonyl (C=O) groups is 1. The molecule has 0 aliphatic rings. The van der Waals surface area contributed by atoms with Crippen molar-refractivity contribution in [2.75, 3.05) is 22.7 Å². The Kier molecular flexibility index (Phi) is 6.65. The fourth-order valence-corrected chi connectivity index (χ4v) is 4.79. The van der Waals surface area contributed by atoms with Gasteiger partial charge in [-0.1, -0.05) is 13.8 Å². The van der Waals surface area contributed by atoms with Crippen LogP contribution < -0.4 is 15.7 Å². The maximum Gasteiger partial charge on any atom is 0.349 e. The van der Waals surface area contributed by atoms with E-state index < -0.39 is 27.2 Å². The lowest BCUT2D eigenvalue weighted by atomic mass is 9.93. The number of benzene rings is 1. The Balaban J connectivity index is 2.36. The van der Waals surface area contributed by atoms with Gasteiger partial charge in [-0.2, -0.15) is 16.9 Å². The molecule has 172 valence electrons. The minimum Gasteiger partial charge on any atom is -0.305 e. The molecule has 1 N–H and O–H groups in total. The number of aryl methyl sites for hydroxylation is 1. The summed E-state index contributed by atoms with van der Waals surface area (Å²) in [5.74, 6) is -0.455. The minimum absolute atomic E-state index is 0.0656. The monoisotopic (exact) mass is 479 g/mol. The van der Waals surface area contributed by atoms with Crippen molar-refractivity contribution in [2.45, 2.75) is 26.2 Å². The van der Waals surface area contributed by atoms with Crippen LogP contribution >= 0.6 is 11.8 Å².